The lowest BCUT2D eigenvalue weighted by Gasteiger charge is -2.27. The number of carbonyl (C=O) groups is 2. The molecule has 0 aliphatic carbocycles. The fraction of sp³-hybridized carbons (Fsp3) is 0.381. The van der Waals surface area contributed by atoms with Crippen LogP contribution >= 0.6 is 23.4 Å². The van der Waals surface area contributed by atoms with Crippen LogP contribution in [0.15, 0.2) is 35.5 Å². The molecule has 2 aromatic rings. The first-order valence-corrected chi connectivity index (χ1v) is 11.4. The van der Waals surface area contributed by atoms with Crippen LogP contribution in [0.4, 0.5) is 24.5 Å². The summed E-state index contributed by atoms with van der Waals surface area (Å²) in [5, 5.41) is 2.85. The summed E-state index contributed by atoms with van der Waals surface area (Å²) in [6, 6.07) is 5.24. The first-order chi connectivity index (χ1) is 15.1. The summed E-state index contributed by atoms with van der Waals surface area (Å²) in [6.45, 7) is 3.00. The number of hydrogen-bond acceptors (Lipinski definition) is 5. The molecular weight excluding hydrogens is 465 g/mol. The van der Waals surface area contributed by atoms with E-state index in [0.29, 0.717) is 43.3 Å². The Morgan fingerprint density at radius 3 is 2.56 bits per heavy atom. The number of pyridine rings is 1. The second-order valence-corrected chi connectivity index (χ2v) is 8.47. The van der Waals surface area contributed by atoms with Crippen LogP contribution in [-0.2, 0) is 11.0 Å². The maximum atomic E-state index is 13.5. The van der Waals surface area contributed by atoms with Crippen molar-refractivity contribution in [2.75, 3.05) is 42.7 Å². The van der Waals surface area contributed by atoms with Crippen molar-refractivity contribution in [3.8, 4) is 0 Å². The van der Waals surface area contributed by atoms with Gasteiger partial charge in [-0.3, -0.25) is 9.59 Å². The Labute approximate surface area is 193 Å². The van der Waals surface area contributed by atoms with Crippen molar-refractivity contribution >= 4 is 46.6 Å². The third-order valence-electron chi connectivity index (χ3n) is 5.12. The van der Waals surface area contributed by atoms with E-state index in [-0.39, 0.29) is 17.2 Å². The number of rotatable bonds is 4. The minimum Gasteiger partial charge on any atom is -0.369 e. The molecule has 1 N–H and O–H groups in total. The number of alkyl halides is 3. The third kappa shape index (κ3) is 5.66. The highest BCUT2D eigenvalue weighted by Crippen LogP contribution is 2.39. The van der Waals surface area contributed by atoms with E-state index < -0.39 is 22.7 Å². The molecule has 1 aliphatic heterocycles. The molecule has 11 heteroatoms. The number of hydrogen-bond donors (Lipinski definition) is 1. The molecule has 2 amide bonds. The van der Waals surface area contributed by atoms with Gasteiger partial charge in [0, 0.05) is 45.0 Å². The van der Waals surface area contributed by atoms with Gasteiger partial charge in [-0.25, -0.2) is 4.98 Å². The lowest BCUT2D eigenvalue weighted by atomic mass is 10.1. The Morgan fingerprint density at radius 2 is 1.91 bits per heavy atom. The van der Waals surface area contributed by atoms with Crippen LogP contribution in [-0.4, -0.2) is 54.1 Å². The highest BCUT2D eigenvalue weighted by atomic mass is 35.5. The van der Waals surface area contributed by atoms with Gasteiger partial charge in [-0.15, -0.1) is 11.8 Å². The number of nitrogens with one attached hydrogen (secondary N) is 1. The van der Waals surface area contributed by atoms with Gasteiger partial charge in [0.05, 0.1) is 26.9 Å². The van der Waals surface area contributed by atoms with E-state index >= 15 is 0 Å². The minimum absolute atomic E-state index is 0.0294. The summed E-state index contributed by atoms with van der Waals surface area (Å²) in [5.41, 5.74) is -0.382. The summed E-state index contributed by atoms with van der Waals surface area (Å²) in [7, 11) is 0. The topological polar surface area (TPSA) is 65.5 Å². The van der Waals surface area contributed by atoms with Gasteiger partial charge in [0.1, 0.15) is 0 Å². The average molecular weight is 487 g/mol. The van der Waals surface area contributed by atoms with Crippen molar-refractivity contribution in [2.24, 2.45) is 0 Å². The normalized spacial score (nSPS) is 14.8. The molecule has 0 atom stereocenters. The van der Waals surface area contributed by atoms with Gasteiger partial charge in [-0.05, 0) is 36.9 Å². The molecule has 1 aliphatic rings. The van der Waals surface area contributed by atoms with Gasteiger partial charge in [0.25, 0.3) is 5.91 Å². The Hall–Kier alpha value is -2.46. The van der Waals surface area contributed by atoms with Crippen LogP contribution in [0, 0.1) is 0 Å². The van der Waals surface area contributed by atoms with Crippen LogP contribution in [0.2, 0.25) is 5.02 Å². The molecule has 0 radical (unpaired) electrons. The number of anilines is 2. The monoisotopic (exact) mass is 486 g/mol. The van der Waals surface area contributed by atoms with E-state index in [4.69, 9.17) is 11.6 Å². The summed E-state index contributed by atoms with van der Waals surface area (Å²) < 4.78 is 40.6. The Balaban J connectivity index is 1.99. The van der Waals surface area contributed by atoms with Crippen molar-refractivity contribution in [2.45, 2.75) is 24.5 Å². The molecule has 0 unspecified atom stereocenters. The van der Waals surface area contributed by atoms with Crippen LogP contribution < -0.4 is 10.2 Å². The second kappa shape index (κ2) is 9.99. The molecule has 0 spiro atoms. The molecule has 32 heavy (non-hydrogen) atoms. The van der Waals surface area contributed by atoms with Crippen LogP contribution in [0.5, 0.6) is 0 Å². The lowest BCUT2D eigenvalue weighted by molar-refractivity contribution is -0.137. The van der Waals surface area contributed by atoms with Crippen LogP contribution in [0.3, 0.4) is 0 Å². The molecule has 172 valence electrons. The molecule has 1 saturated heterocycles. The Bertz CT molecular complexity index is 1020. The summed E-state index contributed by atoms with van der Waals surface area (Å²) in [4.78, 5) is 32.3. The van der Waals surface area contributed by atoms with Gasteiger partial charge in [-0.1, -0.05) is 11.6 Å². The van der Waals surface area contributed by atoms with E-state index in [1.165, 1.54) is 24.9 Å². The molecule has 6 nitrogen and oxygen atoms in total. The van der Waals surface area contributed by atoms with Gasteiger partial charge in [-0.2, -0.15) is 13.2 Å². The number of benzene rings is 1. The summed E-state index contributed by atoms with van der Waals surface area (Å²) in [6.07, 6.45) is -0.735. The minimum atomic E-state index is -4.67. The van der Waals surface area contributed by atoms with Crippen LogP contribution in [0.25, 0.3) is 0 Å². The number of nitrogens with zero attached hydrogens (tertiary/aromatic N) is 3. The van der Waals surface area contributed by atoms with Gasteiger partial charge < -0.3 is 15.1 Å². The zero-order chi connectivity index (χ0) is 23.5. The molecule has 3 rings (SSSR count). The number of aromatic nitrogens is 1. The van der Waals surface area contributed by atoms with Gasteiger partial charge >= 0.3 is 6.18 Å². The zero-order valence-corrected chi connectivity index (χ0v) is 19.1. The highest BCUT2D eigenvalue weighted by Gasteiger charge is 2.35. The maximum absolute atomic E-state index is 13.5. The van der Waals surface area contributed by atoms with Crippen molar-refractivity contribution in [1.82, 2.24) is 9.88 Å². The lowest BCUT2D eigenvalue weighted by Crippen LogP contribution is -2.34. The molecule has 1 aromatic carbocycles. The zero-order valence-electron chi connectivity index (χ0n) is 17.5. The predicted octanol–water partition coefficient (Wildman–Crippen LogP) is 4.79. The smallest absolute Gasteiger partial charge is 0.369 e. The fourth-order valence-corrected chi connectivity index (χ4v) is 4.17. The highest BCUT2D eigenvalue weighted by molar-refractivity contribution is 7.98. The molecule has 2 heterocycles. The standard InChI is InChI=1S/C21H22ClF3N4O2S/c1-13(30)28-6-3-7-29(9-8-28)18-12-16(21(23,24)25)17(22)11-15(18)20(31)27-14-4-5-26-19(10-14)32-2/h4-5,10-12H,3,6-9H2,1-2H3,(H,26,27,31). The van der Waals surface area contributed by atoms with Crippen molar-refractivity contribution in [3.05, 3.63) is 46.6 Å². The number of carbonyl (C=O) groups excluding carboxylic acids is 2. The number of halogens is 4. The number of amides is 2. The van der Waals surface area contributed by atoms with Crippen LogP contribution in [0.1, 0.15) is 29.3 Å². The first kappa shape index (κ1) is 24.2. The maximum Gasteiger partial charge on any atom is 0.417 e. The number of thioether (sulfide) groups is 1. The Morgan fingerprint density at radius 1 is 1.16 bits per heavy atom. The van der Waals surface area contributed by atoms with Crippen molar-refractivity contribution < 1.29 is 22.8 Å². The molecule has 1 fully saturated rings. The molecule has 0 bridgehead atoms. The largest absolute Gasteiger partial charge is 0.417 e. The summed E-state index contributed by atoms with van der Waals surface area (Å²) >= 11 is 7.33. The molecule has 0 saturated carbocycles. The SMILES string of the molecule is CSc1cc(NC(=O)c2cc(Cl)c(C(F)(F)F)cc2N2CCCN(C(C)=O)CC2)ccn1. The molecular formula is C21H22ClF3N4O2S. The molecule has 1 aromatic heterocycles. The van der Waals surface area contributed by atoms with E-state index in [1.54, 1.807) is 21.9 Å². The summed E-state index contributed by atoms with van der Waals surface area (Å²) in [5.74, 6) is -0.680. The average Bonchev–Trinajstić information content (AvgIpc) is 2.99. The Kier molecular flexibility index (Phi) is 7.55. The van der Waals surface area contributed by atoms with E-state index in [1.807, 2.05) is 6.26 Å². The van der Waals surface area contributed by atoms with Crippen molar-refractivity contribution in [3.63, 3.8) is 0 Å². The quantitative estimate of drug-likeness (QED) is 0.630. The second-order valence-electron chi connectivity index (χ2n) is 7.23. The van der Waals surface area contributed by atoms with Crippen molar-refractivity contribution in [1.29, 1.82) is 0 Å². The van der Waals surface area contributed by atoms with Gasteiger partial charge in [0.2, 0.25) is 5.91 Å². The van der Waals surface area contributed by atoms with E-state index in [2.05, 4.69) is 10.3 Å². The fourth-order valence-electron chi connectivity index (χ4n) is 3.49. The van der Waals surface area contributed by atoms with E-state index in [9.17, 15) is 22.8 Å². The van der Waals surface area contributed by atoms with E-state index in [0.717, 1.165) is 12.1 Å². The van der Waals surface area contributed by atoms with Gasteiger partial charge in [0.15, 0.2) is 0 Å². The predicted molar refractivity (Wildman–Crippen MR) is 120 cm³/mol. The third-order valence-corrected chi connectivity index (χ3v) is 6.07. The first-order valence-electron chi connectivity index (χ1n) is 9.82.